The number of nitrogens with one attached hydrogen (secondary N) is 1. The van der Waals surface area contributed by atoms with Gasteiger partial charge in [-0.1, -0.05) is 35.3 Å². The van der Waals surface area contributed by atoms with E-state index in [9.17, 15) is 9.18 Å². The van der Waals surface area contributed by atoms with Gasteiger partial charge >= 0.3 is 0 Å². The molecule has 0 aliphatic heterocycles. The van der Waals surface area contributed by atoms with Crippen molar-refractivity contribution in [2.75, 3.05) is 6.61 Å². The van der Waals surface area contributed by atoms with Crippen LogP contribution in [0, 0.1) is 5.82 Å². The van der Waals surface area contributed by atoms with Crippen molar-refractivity contribution in [1.82, 2.24) is 5.43 Å². The lowest BCUT2D eigenvalue weighted by Gasteiger charge is -2.06. The maximum Gasteiger partial charge on any atom is 0.277 e. The Bertz CT molecular complexity index is 690. The van der Waals surface area contributed by atoms with Crippen LogP contribution in [0.1, 0.15) is 5.56 Å². The van der Waals surface area contributed by atoms with Crippen LogP contribution in [-0.2, 0) is 4.79 Å². The summed E-state index contributed by atoms with van der Waals surface area (Å²) in [5.41, 5.74) is 2.95. The highest BCUT2D eigenvalue weighted by Gasteiger charge is 2.05. The summed E-state index contributed by atoms with van der Waals surface area (Å²) in [6.07, 6.45) is 1.40. The summed E-state index contributed by atoms with van der Waals surface area (Å²) < 4.78 is 18.0. The number of benzene rings is 2. The SMILES string of the molecule is O=C(COc1ccc(Cl)cc1Cl)NN=Cc1ccc(F)cc1. The summed E-state index contributed by atoms with van der Waals surface area (Å²) in [6.45, 7) is -0.248. The fraction of sp³-hybridized carbons (Fsp3) is 0.0667. The second kappa shape index (κ2) is 7.77. The van der Waals surface area contributed by atoms with Crippen molar-refractivity contribution in [1.29, 1.82) is 0 Å². The highest BCUT2D eigenvalue weighted by Crippen LogP contribution is 2.27. The summed E-state index contributed by atoms with van der Waals surface area (Å²) in [7, 11) is 0. The Hall–Kier alpha value is -2.11. The molecule has 0 radical (unpaired) electrons. The second-order valence-corrected chi connectivity index (χ2v) is 5.05. The number of hydrogen-bond donors (Lipinski definition) is 1. The van der Waals surface area contributed by atoms with Gasteiger partial charge in [-0.25, -0.2) is 9.82 Å². The fourth-order valence-corrected chi connectivity index (χ4v) is 1.96. The zero-order valence-electron chi connectivity index (χ0n) is 11.2. The Labute approximate surface area is 136 Å². The van der Waals surface area contributed by atoms with Crippen LogP contribution in [0.3, 0.4) is 0 Å². The molecule has 2 rings (SSSR count). The molecule has 0 bridgehead atoms. The average Bonchev–Trinajstić information content (AvgIpc) is 2.48. The standard InChI is InChI=1S/C15H11Cl2FN2O2/c16-11-3-6-14(13(17)7-11)22-9-15(21)20-19-8-10-1-4-12(18)5-2-10/h1-8H,9H2,(H,20,21). The summed E-state index contributed by atoms with van der Waals surface area (Å²) in [5.74, 6) is -0.442. The molecule has 1 amide bonds. The number of hydrazone groups is 1. The number of carbonyl (C=O) groups excluding carboxylic acids is 1. The van der Waals surface area contributed by atoms with Gasteiger partial charge in [0.15, 0.2) is 6.61 Å². The molecule has 114 valence electrons. The Kier molecular flexibility index (Phi) is 5.75. The third-order valence-electron chi connectivity index (χ3n) is 2.53. The van der Waals surface area contributed by atoms with Gasteiger partial charge in [0, 0.05) is 5.02 Å². The molecule has 0 spiro atoms. The van der Waals surface area contributed by atoms with Crippen molar-refractivity contribution in [3.63, 3.8) is 0 Å². The number of halogens is 3. The van der Waals surface area contributed by atoms with Crippen molar-refractivity contribution in [3.05, 3.63) is 63.9 Å². The van der Waals surface area contributed by atoms with E-state index < -0.39 is 5.91 Å². The van der Waals surface area contributed by atoms with Crippen LogP contribution in [0.5, 0.6) is 5.75 Å². The van der Waals surface area contributed by atoms with Crippen molar-refractivity contribution in [2.24, 2.45) is 5.10 Å². The molecular weight excluding hydrogens is 330 g/mol. The molecule has 0 aromatic heterocycles. The van der Waals surface area contributed by atoms with Crippen LogP contribution >= 0.6 is 23.2 Å². The van der Waals surface area contributed by atoms with Crippen LogP contribution in [0.2, 0.25) is 10.0 Å². The largest absolute Gasteiger partial charge is 0.482 e. The van der Waals surface area contributed by atoms with Crippen molar-refractivity contribution < 1.29 is 13.9 Å². The monoisotopic (exact) mass is 340 g/mol. The number of hydrogen-bond acceptors (Lipinski definition) is 3. The Morgan fingerprint density at radius 1 is 1.23 bits per heavy atom. The summed E-state index contributed by atoms with van der Waals surface area (Å²) in [6, 6.07) is 10.4. The first-order valence-electron chi connectivity index (χ1n) is 6.20. The molecule has 2 aromatic carbocycles. The highest BCUT2D eigenvalue weighted by atomic mass is 35.5. The number of ether oxygens (including phenoxy) is 1. The Balaban J connectivity index is 1.81. The van der Waals surface area contributed by atoms with Crippen LogP contribution in [0.15, 0.2) is 47.6 Å². The van der Waals surface area contributed by atoms with Gasteiger partial charge in [0.25, 0.3) is 5.91 Å². The molecule has 4 nitrogen and oxygen atoms in total. The molecule has 7 heteroatoms. The van der Waals surface area contributed by atoms with Gasteiger partial charge in [-0.15, -0.1) is 0 Å². The van der Waals surface area contributed by atoms with Gasteiger partial charge in [0.1, 0.15) is 11.6 Å². The molecule has 22 heavy (non-hydrogen) atoms. The smallest absolute Gasteiger partial charge is 0.277 e. The molecule has 0 saturated carbocycles. The molecule has 1 N–H and O–H groups in total. The third-order valence-corrected chi connectivity index (χ3v) is 3.06. The van der Waals surface area contributed by atoms with E-state index in [2.05, 4.69) is 10.5 Å². The third kappa shape index (κ3) is 5.02. The number of nitrogens with zero attached hydrogens (tertiary/aromatic N) is 1. The molecule has 0 saturated heterocycles. The van der Waals surface area contributed by atoms with E-state index in [0.29, 0.717) is 21.4 Å². The zero-order valence-corrected chi connectivity index (χ0v) is 12.7. The van der Waals surface area contributed by atoms with Gasteiger partial charge in [0.2, 0.25) is 0 Å². The molecule has 0 heterocycles. The first-order valence-corrected chi connectivity index (χ1v) is 6.95. The molecule has 2 aromatic rings. The number of amides is 1. The zero-order chi connectivity index (χ0) is 15.9. The van der Waals surface area contributed by atoms with E-state index in [0.717, 1.165) is 0 Å². The number of carbonyl (C=O) groups is 1. The lowest BCUT2D eigenvalue weighted by molar-refractivity contribution is -0.123. The lowest BCUT2D eigenvalue weighted by Crippen LogP contribution is -2.24. The summed E-state index contributed by atoms with van der Waals surface area (Å²) in [4.78, 5) is 11.6. The summed E-state index contributed by atoms with van der Waals surface area (Å²) >= 11 is 11.7. The van der Waals surface area contributed by atoms with Crippen molar-refractivity contribution >= 4 is 35.3 Å². The minimum absolute atomic E-state index is 0.248. The lowest BCUT2D eigenvalue weighted by atomic mass is 10.2. The highest BCUT2D eigenvalue weighted by molar-refractivity contribution is 6.35. The van der Waals surface area contributed by atoms with Gasteiger partial charge in [-0.3, -0.25) is 4.79 Å². The molecule has 0 unspecified atom stereocenters. The summed E-state index contributed by atoms with van der Waals surface area (Å²) in [5, 5.41) is 4.53. The van der Waals surface area contributed by atoms with E-state index in [-0.39, 0.29) is 12.4 Å². The maximum absolute atomic E-state index is 12.7. The first kappa shape index (κ1) is 16.3. The first-order chi connectivity index (χ1) is 10.5. The Morgan fingerprint density at radius 2 is 1.95 bits per heavy atom. The average molecular weight is 341 g/mol. The Morgan fingerprint density at radius 3 is 2.64 bits per heavy atom. The molecule has 0 fully saturated rings. The van der Waals surface area contributed by atoms with Gasteiger partial charge < -0.3 is 4.74 Å². The van der Waals surface area contributed by atoms with Crippen LogP contribution in [-0.4, -0.2) is 18.7 Å². The van der Waals surface area contributed by atoms with Crippen molar-refractivity contribution in [3.8, 4) is 5.75 Å². The van der Waals surface area contributed by atoms with Crippen molar-refractivity contribution in [2.45, 2.75) is 0 Å². The molecular formula is C15H11Cl2FN2O2. The predicted molar refractivity (Wildman–Crippen MR) is 84.1 cm³/mol. The van der Waals surface area contributed by atoms with E-state index in [1.807, 2.05) is 0 Å². The minimum Gasteiger partial charge on any atom is -0.482 e. The van der Waals surface area contributed by atoms with E-state index >= 15 is 0 Å². The fourth-order valence-electron chi connectivity index (χ4n) is 1.50. The van der Waals surface area contributed by atoms with Gasteiger partial charge in [-0.2, -0.15) is 5.10 Å². The number of rotatable bonds is 5. The normalized spacial score (nSPS) is 10.7. The predicted octanol–water partition coefficient (Wildman–Crippen LogP) is 3.66. The van der Waals surface area contributed by atoms with Crippen LogP contribution < -0.4 is 10.2 Å². The van der Waals surface area contributed by atoms with Gasteiger partial charge in [-0.05, 0) is 35.9 Å². The molecule has 0 aliphatic rings. The van der Waals surface area contributed by atoms with Crippen LogP contribution in [0.4, 0.5) is 4.39 Å². The quantitative estimate of drug-likeness (QED) is 0.667. The molecule has 0 aliphatic carbocycles. The second-order valence-electron chi connectivity index (χ2n) is 4.21. The molecule has 0 atom stereocenters. The van der Waals surface area contributed by atoms with E-state index in [1.165, 1.54) is 36.5 Å². The van der Waals surface area contributed by atoms with E-state index in [1.54, 1.807) is 12.1 Å². The topological polar surface area (TPSA) is 50.7 Å². The van der Waals surface area contributed by atoms with Crippen LogP contribution in [0.25, 0.3) is 0 Å². The van der Waals surface area contributed by atoms with E-state index in [4.69, 9.17) is 27.9 Å². The van der Waals surface area contributed by atoms with Gasteiger partial charge in [0.05, 0.1) is 11.2 Å². The minimum atomic E-state index is -0.454. The maximum atomic E-state index is 12.7.